The number of carboxylic acid groups (broad SMARTS) is 1. The van der Waals surface area contributed by atoms with E-state index in [0.717, 1.165) is 91.1 Å². The minimum Gasteiger partial charge on any atom is -0.495 e. The number of hydrogen-bond donors (Lipinski definition) is 3. The van der Waals surface area contributed by atoms with Crippen LogP contribution in [-0.2, 0) is 4.79 Å². The predicted octanol–water partition coefficient (Wildman–Crippen LogP) is 6.62. The average molecular weight is 725 g/mol. The Bertz CT molecular complexity index is 1870. The summed E-state index contributed by atoms with van der Waals surface area (Å²) in [6.07, 6.45) is -1.09. The molecule has 15 heteroatoms. The van der Waals surface area contributed by atoms with E-state index < -0.39 is 12.1 Å². The van der Waals surface area contributed by atoms with Crippen molar-refractivity contribution in [1.29, 1.82) is 0 Å². The van der Waals surface area contributed by atoms with Crippen LogP contribution < -0.4 is 25.2 Å². The van der Waals surface area contributed by atoms with Crippen LogP contribution in [0.3, 0.4) is 0 Å². The number of methoxy groups -OCH3 is 1. The number of likely N-dealkylation sites (N-methyl/N-ethyl adjacent to an activating group) is 1. The smallest absolute Gasteiger partial charge is 0.490 e. The van der Waals surface area contributed by atoms with Gasteiger partial charge in [0, 0.05) is 67.3 Å². The third-order valence-corrected chi connectivity index (χ3v) is 9.67. The highest BCUT2D eigenvalue weighted by Gasteiger charge is 2.38. The quantitative estimate of drug-likeness (QED) is 0.184. The monoisotopic (exact) mass is 724 g/mol. The zero-order valence-corrected chi connectivity index (χ0v) is 29.2. The first kappa shape index (κ1) is 37.1. The average Bonchev–Trinajstić information content (AvgIpc) is 3.83. The van der Waals surface area contributed by atoms with Crippen molar-refractivity contribution in [3.63, 3.8) is 0 Å². The number of piperazine rings is 1. The number of ether oxygens (including phenoxy) is 1. The number of anilines is 4. The van der Waals surface area contributed by atoms with Crippen molar-refractivity contribution in [2.45, 2.75) is 25.9 Å². The fourth-order valence-corrected chi connectivity index (χ4v) is 6.69. The number of pyridine rings is 1. The topological polar surface area (TPSA) is 127 Å². The van der Waals surface area contributed by atoms with Crippen molar-refractivity contribution in [2.24, 2.45) is 0 Å². The second-order valence-electron chi connectivity index (χ2n) is 12.2. The van der Waals surface area contributed by atoms with Crippen LogP contribution in [0.1, 0.15) is 38.4 Å². The summed E-state index contributed by atoms with van der Waals surface area (Å²) in [5, 5.41) is 13.2. The van der Waals surface area contributed by atoms with Gasteiger partial charge in [0.05, 0.1) is 17.7 Å². The lowest BCUT2D eigenvalue weighted by molar-refractivity contribution is -0.192. The minimum absolute atomic E-state index is 0.163. The van der Waals surface area contributed by atoms with Crippen molar-refractivity contribution in [2.75, 3.05) is 73.9 Å². The Morgan fingerprint density at radius 1 is 0.843 bits per heavy atom. The summed E-state index contributed by atoms with van der Waals surface area (Å²) in [5.41, 5.74) is 5.02. The highest BCUT2D eigenvalue weighted by molar-refractivity contribution is 7.17. The minimum atomic E-state index is -5.08. The number of hydrogen-bond acceptors (Lipinski definition) is 9. The van der Waals surface area contributed by atoms with Gasteiger partial charge in [-0.15, -0.1) is 11.3 Å². The second-order valence-corrected chi connectivity index (χ2v) is 13.3. The predicted molar refractivity (Wildman–Crippen MR) is 192 cm³/mol. The molecule has 0 bridgehead atoms. The molecule has 6 rings (SSSR count). The molecule has 2 aliphatic heterocycles. The van der Waals surface area contributed by atoms with Crippen molar-refractivity contribution in [3.8, 4) is 16.2 Å². The molecule has 2 saturated heterocycles. The number of carbonyl (C=O) groups is 3. The fraction of sp³-hybridized carbons (Fsp3) is 0.333. The van der Waals surface area contributed by atoms with E-state index in [4.69, 9.17) is 14.6 Å². The number of carbonyl (C=O) groups excluding carboxylic acids is 2. The number of thiophene rings is 1. The second kappa shape index (κ2) is 16.2. The molecule has 4 heterocycles. The van der Waals surface area contributed by atoms with Crippen molar-refractivity contribution in [3.05, 3.63) is 82.9 Å². The fourth-order valence-electron chi connectivity index (χ4n) is 5.71. The van der Waals surface area contributed by atoms with Gasteiger partial charge in [-0.2, -0.15) is 13.2 Å². The molecule has 11 nitrogen and oxygen atoms in total. The molecule has 2 aliphatic rings. The van der Waals surface area contributed by atoms with E-state index >= 15 is 0 Å². The molecule has 0 aliphatic carbocycles. The van der Waals surface area contributed by atoms with E-state index in [0.29, 0.717) is 16.1 Å². The number of nitrogens with one attached hydrogen (secondary N) is 2. The molecule has 0 spiro atoms. The van der Waals surface area contributed by atoms with Gasteiger partial charge < -0.3 is 35.2 Å². The normalized spacial score (nSPS) is 14.8. The lowest BCUT2D eigenvalue weighted by atomic mass is 10.1. The van der Waals surface area contributed by atoms with Gasteiger partial charge in [-0.05, 0) is 92.5 Å². The van der Waals surface area contributed by atoms with Crippen LogP contribution in [0.25, 0.3) is 10.4 Å². The number of carboxylic acids is 1. The Kier molecular flexibility index (Phi) is 11.8. The summed E-state index contributed by atoms with van der Waals surface area (Å²) in [6.45, 7) is 7.73. The lowest BCUT2D eigenvalue weighted by Crippen LogP contribution is -2.44. The van der Waals surface area contributed by atoms with Gasteiger partial charge in [0.1, 0.15) is 11.6 Å². The maximum absolute atomic E-state index is 13.3. The summed E-state index contributed by atoms with van der Waals surface area (Å²) in [7, 11) is 3.80. The van der Waals surface area contributed by atoms with E-state index in [-0.39, 0.29) is 11.8 Å². The summed E-state index contributed by atoms with van der Waals surface area (Å²) >= 11 is 1.43. The SMILES string of the molecule is COc1ccc(NC(=O)c2ccc(-c3cc(NC(=O)c4ccnc(N5CCCC5)c4)ccc3C)s2)cc1N1CCN(C)CC1.O=C(O)C(F)(F)F. The molecular formula is C36H39F3N6O5S. The maximum Gasteiger partial charge on any atom is 0.490 e. The number of aromatic nitrogens is 1. The van der Waals surface area contributed by atoms with Crippen LogP contribution in [0.4, 0.5) is 36.1 Å². The van der Waals surface area contributed by atoms with Gasteiger partial charge in [0.2, 0.25) is 0 Å². The van der Waals surface area contributed by atoms with Crippen LogP contribution in [0.15, 0.2) is 66.9 Å². The van der Waals surface area contributed by atoms with Gasteiger partial charge in [-0.25, -0.2) is 9.78 Å². The van der Waals surface area contributed by atoms with Gasteiger partial charge in [-0.1, -0.05) is 6.07 Å². The Hall–Kier alpha value is -5.15. The molecule has 270 valence electrons. The molecule has 51 heavy (non-hydrogen) atoms. The van der Waals surface area contributed by atoms with Crippen LogP contribution in [-0.4, -0.2) is 92.4 Å². The Morgan fingerprint density at radius 2 is 1.49 bits per heavy atom. The molecule has 0 unspecified atom stereocenters. The number of amides is 2. The van der Waals surface area contributed by atoms with Crippen LogP contribution in [0.5, 0.6) is 5.75 Å². The Morgan fingerprint density at radius 3 is 2.16 bits per heavy atom. The molecule has 4 aromatic rings. The molecule has 2 amide bonds. The summed E-state index contributed by atoms with van der Waals surface area (Å²) in [4.78, 5) is 48.2. The first-order valence-corrected chi connectivity index (χ1v) is 17.1. The summed E-state index contributed by atoms with van der Waals surface area (Å²) < 4.78 is 37.4. The van der Waals surface area contributed by atoms with E-state index in [1.165, 1.54) is 11.3 Å². The molecule has 2 fully saturated rings. The third kappa shape index (κ3) is 9.55. The summed E-state index contributed by atoms with van der Waals surface area (Å²) in [6, 6.07) is 19.0. The molecule has 2 aromatic heterocycles. The highest BCUT2D eigenvalue weighted by atomic mass is 32.1. The maximum atomic E-state index is 13.3. The number of aryl methyl sites for hydroxylation is 1. The molecule has 0 radical (unpaired) electrons. The van der Waals surface area contributed by atoms with Gasteiger partial charge >= 0.3 is 12.1 Å². The van der Waals surface area contributed by atoms with Crippen molar-refractivity contribution in [1.82, 2.24) is 9.88 Å². The van der Waals surface area contributed by atoms with E-state index in [1.54, 1.807) is 19.4 Å². The highest BCUT2D eigenvalue weighted by Crippen LogP contribution is 2.35. The van der Waals surface area contributed by atoms with Gasteiger partial charge in [0.25, 0.3) is 11.8 Å². The van der Waals surface area contributed by atoms with Crippen LogP contribution in [0, 0.1) is 6.92 Å². The number of alkyl halides is 3. The van der Waals surface area contributed by atoms with Gasteiger partial charge in [0.15, 0.2) is 0 Å². The summed E-state index contributed by atoms with van der Waals surface area (Å²) in [5.74, 6) is -1.46. The number of halogens is 3. The Balaban J connectivity index is 0.000000654. The molecule has 0 atom stereocenters. The molecule has 3 N–H and O–H groups in total. The standard InChI is InChI=1S/C34H38N6O3S.C2HF3O2/c1-23-6-7-25(36-33(41)24-12-13-35-32(20-24)40-14-4-5-15-40)21-27(23)30-10-11-31(44-30)34(42)37-26-8-9-29(43-3)28(22-26)39-18-16-38(2)17-19-39;3-2(4,5)1(6)7/h6-13,20-22H,4-5,14-19H2,1-3H3,(H,36,41)(H,37,42);(H,6,7). The van der Waals surface area contributed by atoms with Crippen molar-refractivity contribution >= 4 is 52.0 Å². The number of aliphatic carboxylic acids is 1. The third-order valence-electron chi connectivity index (χ3n) is 8.55. The van der Waals surface area contributed by atoms with E-state index in [1.807, 2.05) is 61.5 Å². The number of rotatable bonds is 8. The number of benzene rings is 2. The van der Waals surface area contributed by atoms with Crippen molar-refractivity contribution < 1.29 is 37.4 Å². The number of nitrogens with zero attached hydrogens (tertiary/aromatic N) is 4. The van der Waals surface area contributed by atoms with Crippen LogP contribution in [0.2, 0.25) is 0 Å². The van der Waals surface area contributed by atoms with Gasteiger partial charge in [-0.3, -0.25) is 9.59 Å². The Labute approximate surface area is 297 Å². The molecule has 0 saturated carbocycles. The lowest BCUT2D eigenvalue weighted by Gasteiger charge is -2.34. The van der Waals surface area contributed by atoms with E-state index in [2.05, 4.69) is 37.4 Å². The van der Waals surface area contributed by atoms with E-state index in [9.17, 15) is 22.8 Å². The van der Waals surface area contributed by atoms with Crippen LogP contribution >= 0.6 is 11.3 Å². The molecule has 2 aromatic carbocycles. The first-order chi connectivity index (χ1) is 24.3. The molecular weight excluding hydrogens is 685 g/mol. The largest absolute Gasteiger partial charge is 0.495 e. The first-order valence-electron chi connectivity index (χ1n) is 16.3. The zero-order valence-electron chi connectivity index (χ0n) is 28.4. The zero-order chi connectivity index (χ0) is 36.7.